The van der Waals surface area contributed by atoms with Crippen molar-refractivity contribution >= 4 is 24.8 Å². The van der Waals surface area contributed by atoms with Crippen LogP contribution >= 0.6 is 0 Å². The third-order valence-electron chi connectivity index (χ3n) is 8.92. The summed E-state index contributed by atoms with van der Waals surface area (Å²) in [5, 5.41) is 5.48. The van der Waals surface area contributed by atoms with Crippen molar-refractivity contribution in [2.75, 3.05) is 0 Å². The van der Waals surface area contributed by atoms with Gasteiger partial charge in [-0.15, -0.1) is 39.7 Å². The van der Waals surface area contributed by atoms with Gasteiger partial charge in [0.1, 0.15) is 0 Å². The van der Waals surface area contributed by atoms with Crippen molar-refractivity contribution < 1.29 is 49.0 Å². The number of halogens is 2. The maximum absolute atomic E-state index is 3.26. The van der Waals surface area contributed by atoms with Gasteiger partial charge in [0.05, 0.1) is 0 Å². The minimum absolute atomic E-state index is 0. The third kappa shape index (κ3) is 8.78. The predicted octanol–water partition coefficient (Wildman–Crippen LogP) is 6.07. The van der Waals surface area contributed by atoms with Crippen molar-refractivity contribution in [3.8, 4) is 11.1 Å². The first-order valence-electron chi connectivity index (χ1n) is 16.3. The molecule has 0 nitrogen and oxygen atoms in total. The Hall–Kier alpha value is -2.44. The average molecular weight is 739 g/mol. The van der Waals surface area contributed by atoms with Crippen molar-refractivity contribution in [3.05, 3.63) is 137 Å². The van der Waals surface area contributed by atoms with Crippen molar-refractivity contribution in [2.24, 2.45) is 11.3 Å². The van der Waals surface area contributed by atoms with Gasteiger partial charge in [0.15, 0.2) is 0 Å². The second kappa shape index (κ2) is 15.0. The first kappa shape index (κ1) is 39.0. The van der Waals surface area contributed by atoms with Gasteiger partial charge in [0, 0.05) is 0 Å². The molecule has 0 aliphatic heterocycles. The zero-order valence-corrected chi connectivity index (χ0v) is 33.6. The summed E-state index contributed by atoms with van der Waals surface area (Å²) < 4.78 is 1.49. The van der Waals surface area contributed by atoms with Crippen molar-refractivity contribution in [2.45, 2.75) is 80.1 Å². The van der Waals surface area contributed by atoms with Crippen LogP contribution < -0.4 is 24.8 Å². The molecule has 0 N–H and O–H groups in total. The molecule has 1 atom stereocenters. The SMILES string of the molecule is CC(C)(C)c1ccc2c(c1)[cH-]c1cc(C(C)(C)C)ccc12.CC1[C-]=CC(C(C)(C)C)=C1.[Cl-].[Cl-].[Zr+2]=[C]1c2ccccc2-c2ccccc21. The molecule has 3 heteroatoms. The van der Waals surface area contributed by atoms with Crippen LogP contribution in [0.5, 0.6) is 0 Å². The number of fused-ring (bicyclic) bond motifs is 6. The van der Waals surface area contributed by atoms with Gasteiger partial charge in [0.25, 0.3) is 0 Å². The van der Waals surface area contributed by atoms with Crippen molar-refractivity contribution in [1.29, 1.82) is 0 Å². The zero-order valence-electron chi connectivity index (χ0n) is 29.6. The van der Waals surface area contributed by atoms with Crippen LogP contribution in [-0.2, 0) is 35.1 Å². The molecule has 0 saturated heterocycles. The van der Waals surface area contributed by atoms with E-state index in [2.05, 4.69) is 178 Å². The van der Waals surface area contributed by atoms with E-state index in [4.69, 9.17) is 0 Å². The van der Waals surface area contributed by atoms with Crippen LogP contribution in [0.2, 0.25) is 0 Å². The zero-order chi connectivity index (χ0) is 32.7. The fourth-order valence-corrected chi connectivity index (χ4v) is 7.10. The molecule has 2 aliphatic rings. The van der Waals surface area contributed by atoms with Gasteiger partial charge >= 0.3 is 98.2 Å². The summed E-state index contributed by atoms with van der Waals surface area (Å²) in [5.41, 5.74) is 10.6. The molecule has 0 aromatic heterocycles. The Bertz CT molecular complexity index is 1810. The molecule has 2 aliphatic carbocycles. The molecule has 0 radical (unpaired) electrons. The molecule has 0 saturated carbocycles. The second-order valence-corrected chi connectivity index (χ2v) is 16.9. The van der Waals surface area contributed by atoms with E-state index in [1.54, 1.807) is 0 Å². The molecule has 244 valence electrons. The quantitative estimate of drug-likeness (QED) is 0.166. The fraction of sp³-hybridized carbons (Fsp3) is 0.318. The summed E-state index contributed by atoms with van der Waals surface area (Å²) in [6.45, 7) is 22.5. The molecular weight excluding hydrogens is 691 g/mol. The Balaban J connectivity index is 0.000000201. The first-order valence-corrected chi connectivity index (χ1v) is 17.5. The summed E-state index contributed by atoms with van der Waals surface area (Å²) in [6, 6.07) is 33.5. The third-order valence-corrected chi connectivity index (χ3v) is 10.2. The molecule has 0 spiro atoms. The van der Waals surface area contributed by atoms with E-state index in [9.17, 15) is 0 Å². The van der Waals surface area contributed by atoms with Crippen LogP contribution in [0.4, 0.5) is 0 Å². The topological polar surface area (TPSA) is 0 Å². The molecular formula is C44H48Cl2Zr-2. The summed E-state index contributed by atoms with van der Waals surface area (Å²) in [6.07, 6.45) is 7.65. The number of allylic oxidation sites excluding steroid dienone is 4. The predicted molar refractivity (Wildman–Crippen MR) is 194 cm³/mol. The molecule has 0 bridgehead atoms. The molecule has 0 amide bonds. The van der Waals surface area contributed by atoms with Crippen molar-refractivity contribution in [1.82, 2.24) is 0 Å². The molecule has 0 fully saturated rings. The standard InChI is InChI=1S/C21H25.C13H8.C10H15.2ClH.Zr/c1-20(2,3)16-7-9-18-14(12-16)11-15-13-17(21(4,5)6)8-10-19(15)18;1-3-7-12-10(5-1)9-11-6-2-4-8-13(11)12;1-8-5-6-9(7-8)10(2,3)4;;;/h7-13H,1-6H3;1-8H;6-8H,1-4H3;2*1H;/q-1;;-1;;;+2/p-2. The molecule has 5 aromatic rings. The number of hydrogen-bond acceptors (Lipinski definition) is 0. The molecule has 47 heavy (non-hydrogen) atoms. The van der Waals surface area contributed by atoms with Crippen LogP contribution in [0.1, 0.15) is 91.5 Å². The van der Waals surface area contributed by atoms with Crippen LogP contribution in [0.3, 0.4) is 0 Å². The summed E-state index contributed by atoms with van der Waals surface area (Å²) in [5.74, 6) is 0.522. The number of benzene rings is 4. The molecule has 7 rings (SSSR count). The van der Waals surface area contributed by atoms with Gasteiger partial charge < -0.3 is 24.8 Å². The van der Waals surface area contributed by atoms with Crippen LogP contribution in [0.25, 0.3) is 32.7 Å². The summed E-state index contributed by atoms with van der Waals surface area (Å²) in [7, 11) is 0. The molecule has 1 unspecified atom stereocenters. The van der Waals surface area contributed by atoms with Gasteiger partial charge in [-0.2, -0.15) is 11.6 Å². The monoisotopic (exact) mass is 736 g/mol. The van der Waals surface area contributed by atoms with Crippen LogP contribution in [0.15, 0.2) is 109 Å². The second-order valence-electron chi connectivity index (χ2n) is 15.7. The average Bonchev–Trinajstić information content (AvgIpc) is 3.66. The molecule has 0 heterocycles. The summed E-state index contributed by atoms with van der Waals surface area (Å²) in [4.78, 5) is 0. The Morgan fingerprint density at radius 2 is 0.979 bits per heavy atom. The number of hydrogen-bond donors (Lipinski definition) is 0. The van der Waals surface area contributed by atoms with Gasteiger partial charge in [-0.25, -0.2) is 6.08 Å². The normalized spacial score (nSPS) is 15.0. The first-order chi connectivity index (χ1) is 21.0. The van der Waals surface area contributed by atoms with E-state index in [-0.39, 0.29) is 35.6 Å². The van der Waals surface area contributed by atoms with Crippen LogP contribution in [0, 0.1) is 17.4 Å². The summed E-state index contributed by atoms with van der Waals surface area (Å²) >= 11 is 1.50. The van der Waals surface area contributed by atoms with Crippen LogP contribution in [-0.4, -0.2) is 3.21 Å². The van der Waals surface area contributed by atoms with E-state index >= 15 is 0 Å². The van der Waals surface area contributed by atoms with E-state index < -0.39 is 0 Å². The maximum atomic E-state index is 3.26. The Labute approximate surface area is 311 Å². The van der Waals surface area contributed by atoms with Gasteiger partial charge in [0.2, 0.25) is 0 Å². The fourth-order valence-electron chi connectivity index (χ4n) is 6.03. The number of rotatable bonds is 0. The van der Waals surface area contributed by atoms with E-state index in [0.717, 1.165) is 0 Å². The Morgan fingerprint density at radius 1 is 0.574 bits per heavy atom. The van der Waals surface area contributed by atoms with E-state index in [0.29, 0.717) is 11.3 Å². The van der Waals surface area contributed by atoms with E-state index in [1.165, 1.54) is 87.9 Å². The minimum atomic E-state index is 0. The Morgan fingerprint density at radius 3 is 1.30 bits per heavy atom. The molecule has 5 aromatic carbocycles. The Kier molecular flexibility index (Phi) is 12.4. The van der Waals surface area contributed by atoms with Gasteiger partial charge in [-0.1, -0.05) is 116 Å². The van der Waals surface area contributed by atoms with E-state index in [1.807, 2.05) is 0 Å². The van der Waals surface area contributed by atoms with Gasteiger partial charge in [-0.3, -0.25) is 6.08 Å². The van der Waals surface area contributed by atoms with Gasteiger partial charge in [-0.05, 0) is 10.8 Å². The van der Waals surface area contributed by atoms with Crippen molar-refractivity contribution in [3.63, 3.8) is 0 Å².